The third kappa shape index (κ3) is 6.78. The second-order valence-electron chi connectivity index (χ2n) is 6.04. The van der Waals surface area contributed by atoms with Crippen molar-refractivity contribution < 1.29 is 9.59 Å². The number of hydrogen-bond acceptors (Lipinski definition) is 7. The molecule has 3 rings (SSSR count). The van der Waals surface area contributed by atoms with E-state index in [2.05, 4.69) is 32.4 Å². The fourth-order valence-corrected chi connectivity index (χ4v) is 3.95. The lowest BCUT2D eigenvalue weighted by Crippen LogP contribution is -2.23. The monoisotopic (exact) mass is 474 g/mol. The molecule has 0 bridgehead atoms. The number of carbonyl (C=O) groups is 2. The molecule has 0 saturated carbocycles. The quantitative estimate of drug-likeness (QED) is 0.264. The molecule has 1 aromatic carbocycles. The molecule has 2 N–H and O–H groups in total. The summed E-state index contributed by atoms with van der Waals surface area (Å²) >= 11 is 8.68. The number of anilines is 1. The minimum absolute atomic E-state index is 0.155. The highest BCUT2D eigenvalue weighted by Gasteiger charge is 2.14. The third-order valence-corrected chi connectivity index (χ3v) is 5.86. The van der Waals surface area contributed by atoms with E-state index in [1.54, 1.807) is 34.4 Å². The topological polar surface area (TPSA) is 102 Å². The van der Waals surface area contributed by atoms with Crippen molar-refractivity contribution in [2.24, 2.45) is 0 Å². The summed E-state index contributed by atoms with van der Waals surface area (Å²) in [5, 5.41) is 17.2. The number of rotatable bonds is 10. The molecule has 2 heterocycles. The molecule has 0 radical (unpaired) electrons. The van der Waals surface area contributed by atoms with E-state index in [0.29, 0.717) is 27.7 Å². The second-order valence-corrected chi connectivity index (χ2v) is 8.29. The van der Waals surface area contributed by atoms with Crippen molar-refractivity contribution in [2.75, 3.05) is 11.1 Å². The Hall–Kier alpha value is -2.95. The van der Waals surface area contributed by atoms with Crippen molar-refractivity contribution in [3.05, 3.63) is 71.0 Å². The van der Waals surface area contributed by atoms with Gasteiger partial charge in [-0.15, -0.1) is 28.1 Å². The number of thioether (sulfide) groups is 1. The highest BCUT2D eigenvalue weighted by Crippen LogP contribution is 2.19. The molecule has 2 amide bonds. The SMILES string of the molecule is C=CCn1c(CNC(=O)/C=C/c2ccccc2Cl)nnc1SCC(=O)Nc1nccs1. The lowest BCUT2D eigenvalue weighted by Gasteiger charge is -2.08. The summed E-state index contributed by atoms with van der Waals surface area (Å²) in [5.41, 5.74) is 0.754. The number of benzene rings is 1. The van der Waals surface area contributed by atoms with Crippen LogP contribution in [0.4, 0.5) is 5.13 Å². The molecule has 11 heteroatoms. The van der Waals surface area contributed by atoms with Crippen LogP contribution in [0.2, 0.25) is 5.02 Å². The third-order valence-electron chi connectivity index (χ3n) is 3.86. The largest absolute Gasteiger partial charge is 0.345 e. The van der Waals surface area contributed by atoms with Crippen LogP contribution in [0.1, 0.15) is 11.4 Å². The van der Waals surface area contributed by atoms with Gasteiger partial charge in [-0.25, -0.2) is 4.98 Å². The molecule has 0 fully saturated rings. The van der Waals surface area contributed by atoms with Gasteiger partial charge in [0.1, 0.15) is 0 Å². The first-order valence-electron chi connectivity index (χ1n) is 9.12. The maximum absolute atomic E-state index is 12.2. The molecule has 31 heavy (non-hydrogen) atoms. The van der Waals surface area contributed by atoms with Gasteiger partial charge in [0.25, 0.3) is 0 Å². The molecule has 0 saturated heterocycles. The van der Waals surface area contributed by atoms with Gasteiger partial charge in [0.15, 0.2) is 16.1 Å². The van der Waals surface area contributed by atoms with Crippen LogP contribution in [0.3, 0.4) is 0 Å². The zero-order valence-corrected chi connectivity index (χ0v) is 18.7. The molecule has 0 atom stereocenters. The molecule has 0 aliphatic heterocycles. The van der Waals surface area contributed by atoms with Gasteiger partial charge in [0.05, 0.1) is 12.3 Å². The van der Waals surface area contributed by atoms with Crippen molar-refractivity contribution in [1.82, 2.24) is 25.1 Å². The van der Waals surface area contributed by atoms with Crippen molar-refractivity contribution in [3.8, 4) is 0 Å². The summed E-state index contributed by atoms with van der Waals surface area (Å²) in [6.45, 7) is 4.37. The Morgan fingerprint density at radius 2 is 2.13 bits per heavy atom. The van der Waals surface area contributed by atoms with E-state index in [0.717, 1.165) is 5.56 Å². The Kier molecular flexibility index (Phi) is 8.39. The number of thiazole rings is 1. The Labute approximate surface area is 192 Å². The van der Waals surface area contributed by atoms with Crippen LogP contribution in [0.25, 0.3) is 6.08 Å². The summed E-state index contributed by atoms with van der Waals surface area (Å²) < 4.78 is 1.80. The molecular formula is C20H19ClN6O2S2. The molecule has 0 spiro atoms. The Morgan fingerprint density at radius 1 is 1.29 bits per heavy atom. The molecule has 0 aliphatic rings. The number of nitrogens with one attached hydrogen (secondary N) is 2. The highest BCUT2D eigenvalue weighted by molar-refractivity contribution is 7.99. The van der Waals surface area contributed by atoms with Gasteiger partial charge in [0, 0.05) is 29.2 Å². The maximum atomic E-state index is 12.2. The number of hydrogen-bond donors (Lipinski definition) is 2. The fourth-order valence-electron chi connectivity index (χ4n) is 2.44. The maximum Gasteiger partial charge on any atom is 0.244 e. The van der Waals surface area contributed by atoms with Gasteiger partial charge < -0.3 is 15.2 Å². The van der Waals surface area contributed by atoms with Crippen LogP contribution in [-0.2, 0) is 22.7 Å². The van der Waals surface area contributed by atoms with Crippen molar-refractivity contribution in [2.45, 2.75) is 18.2 Å². The van der Waals surface area contributed by atoms with Gasteiger partial charge in [-0.3, -0.25) is 9.59 Å². The zero-order chi connectivity index (χ0) is 22.1. The standard InChI is InChI=1S/C20H19ClN6O2S2/c1-2-10-27-16(12-23-17(28)8-7-14-5-3-4-6-15(14)21)25-26-20(27)31-13-18(29)24-19-22-9-11-30-19/h2-9,11H,1,10,12-13H2,(H,23,28)(H,22,24,29)/b8-7+. The smallest absolute Gasteiger partial charge is 0.244 e. The second kappa shape index (κ2) is 11.4. The lowest BCUT2D eigenvalue weighted by atomic mass is 10.2. The van der Waals surface area contributed by atoms with Crippen LogP contribution >= 0.6 is 34.7 Å². The number of amides is 2. The van der Waals surface area contributed by atoms with Crippen LogP contribution < -0.4 is 10.6 Å². The van der Waals surface area contributed by atoms with E-state index < -0.39 is 0 Å². The number of nitrogens with zero attached hydrogens (tertiary/aromatic N) is 4. The van der Waals surface area contributed by atoms with Gasteiger partial charge in [-0.1, -0.05) is 47.6 Å². The summed E-state index contributed by atoms with van der Waals surface area (Å²) in [4.78, 5) is 28.3. The van der Waals surface area contributed by atoms with Crippen LogP contribution in [0.15, 0.2) is 59.7 Å². The Balaban J connectivity index is 1.56. The first-order valence-corrected chi connectivity index (χ1v) is 11.4. The van der Waals surface area contributed by atoms with Gasteiger partial charge in [-0.2, -0.15) is 0 Å². The Morgan fingerprint density at radius 3 is 2.87 bits per heavy atom. The van der Waals surface area contributed by atoms with Gasteiger partial charge in [0.2, 0.25) is 11.8 Å². The van der Waals surface area contributed by atoms with Gasteiger partial charge in [-0.05, 0) is 17.7 Å². The van der Waals surface area contributed by atoms with E-state index in [9.17, 15) is 9.59 Å². The van der Waals surface area contributed by atoms with Crippen molar-refractivity contribution in [1.29, 1.82) is 0 Å². The molecule has 0 unspecified atom stereocenters. The average Bonchev–Trinajstić information content (AvgIpc) is 3.40. The van der Waals surface area contributed by atoms with Crippen LogP contribution in [0, 0.1) is 0 Å². The molecule has 160 valence electrons. The number of carbonyl (C=O) groups excluding carboxylic acids is 2. The summed E-state index contributed by atoms with van der Waals surface area (Å²) in [6.07, 6.45) is 6.38. The van der Waals surface area contributed by atoms with E-state index in [-0.39, 0.29) is 24.1 Å². The van der Waals surface area contributed by atoms with Crippen molar-refractivity contribution in [3.63, 3.8) is 0 Å². The minimum atomic E-state index is -0.287. The predicted octanol–water partition coefficient (Wildman–Crippen LogP) is 3.63. The molecule has 0 aliphatic carbocycles. The van der Waals surface area contributed by atoms with E-state index >= 15 is 0 Å². The van der Waals surface area contributed by atoms with E-state index in [1.807, 2.05) is 18.2 Å². The summed E-state index contributed by atoms with van der Waals surface area (Å²) in [6, 6.07) is 7.25. The lowest BCUT2D eigenvalue weighted by molar-refractivity contribution is -0.116. The van der Waals surface area contributed by atoms with Crippen molar-refractivity contribution >= 4 is 57.7 Å². The number of allylic oxidation sites excluding steroid dienone is 1. The van der Waals surface area contributed by atoms with Crippen LogP contribution in [-0.4, -0.2) is 37.3 Å². The molecule has 2 aromatic heterocycles. The molecular weight excluding hydrogens is 456 g/mol. The minimum Gasteiger partial charge on any atom is -0.345 e. The fraction of sp³-hybridized carbons (Fsp3) is 0.150. The first kappa shape index (κ1) is 22.7. The number of aromatic nitrogens is 4. The predicted molar refractivity (Wildman–Crippen MR) is 124 cm³/mol. The van der Waals surface area contributed by atoms with Crippen LogP contribution in [0.5, 0.6) is 0 Å². The first-order chi connectivity index (χ1) is 15.1. The normalized spacial score (nSPS) is 10.9. The van der Waals surface area contributed by atoms with E-state index in [4.69, 9.17) is 11.6 Å². The summed E-state index contributed by atoms with van der Waals surface area (Å²) in [5.74, 6) is 0.238. The zero-order valence-electron chi connectivity index (χ0n) is 16.3. The number of halogens is 1. The van der Waals surface area contributed by atoms with E-state index in [1.165, 1.54) is 29.2 Å². The molecule has 8 nitrogen and oxygen atoms in total. The highest BCUT2D eigenvalue weighted by atomic mass is 35.5. The van der Waals surface area contributed by atoms with Gasteiger partial charge >= 0.3 is 0 Å². The molecule has 3 aromatic rings. The Bertz CT molecular complexity index is 1080. The average molecular weight is 475 g/mol. The summed E-state index contributed by atoms with van der Waals surface area (Å²) in [7, 11) is 0.